The van der Waals surface area contributed by atoms with E-state index < -0.39 is 0 Å². The van der Waals surface area contributed by atoms with Gasteiger partial charge in [-0.1, -0.05) is 18.2 Å². The molecular formula is C21H26N2O2S2. The number of hydrogen-bond donors (Lipinski definition) is 0. The number of aryl methyl sites for hydroxylation is 2. The summed E-state index contributed by atoms with van der Waals surface area (Å²) in [5, 5.41) is 2.03. The number of nitrogens with zero attached hydrogens (tertiary/aromatic N) is 2. The van der Waals surface area contributed by atoms with Gasteiger partial charge in [0.25, 0.3) is 0 Å². The van der Waals surface area contributed by atoms with Crippen LogP contribution in [0.25, 0.3) is 0 Å². The van der Waals surface area contributed by atoms with Crippen molar-refractivity contribution in [2.45, 2.75) is 43.7 Å². The van der Waals surface area contributed by atoms with Crippen LogP contribution in [0, 0.1) is 13.8 Å². The molecule has 2 heterocycles. The number of hydrogen-bond acceptors (Lipinski definition) is 6. The van der Waals surface area contributed by atoms with Gasteiger partial charge in [-0.2, -0.15) is 0 Å². The van der Waals surface area contributed by atoms with Gasteiger partial charge in [0.2, 0.25) is 0 Å². The van der Waals surface area contributed by atoms with Crippen molar-refractivity contribution in [1.29, 1.82) is 0 Å². The first-order valence-corrected chi connectivity index (χ1v) is 10.7. The van der Waals surface area contributed by atoms with Crippen molar-refractivity contribution in [3.63, 3.8) is 0 Å². The van der Waals surface area contributed by atoms with Crippen molar-refractivity contribution in [2.75, 3.05) is 11.5 Å². The van der Waals surface area contributed by atoms with Crippen LogP contribution >= 0.6 is 23.5 Å². The van der Waals surface area contributed by atoms with E-state index in [-0.39, 0.29) is 5.78 Å². The maximum absolute atomic E-state index is 10.6. The first kappa shape index (κ1) is 23.1. The number of ketones is 1. The highest BCUT2D eigenvalue weighted by atomic mass is 32.2. The van der Waals surface area contributed by atoms with E-state index in [2.05, 4.69) is 16.0 Å². The largest absolute Gasteiger partial charge is 0.303 e. The molecule has 2 aromatic rings. The Balaban J connectivity index is 0.000000277. The molecule has 0 aromatic carbocycles. The number of allylic oxidation sites excluding steroid dienone is 2. The van der Waals surface area contributed by atoms with Gasteiger partial charge in [0, 0.05) is 30.3 Å². The van der Waals surface area contributed by atoms with E-state index >= 15 is 0 Å². The summed E-state index contributed by atoms with van der Waals surface area (Å²) >= 11 is 3.32. The highest BCUT2D eigenvalue weighted by Crippen LogP contribution is 2.16. The molecule has 0 amide bonds. The second-order valence-electron chi connectivity index (χ2n) is 5.80. The lowest BCUT2D eigenvalue weighted by molar-refractivity contribution is -0.112. The summed E-state index contributed by atoms with van der Waals surface area (Å²) in [7, 11) is 0. The van der Waals surface area contributed by atoms with Crippen molar-refractivity contribution in [1.82, 2.24) is 9.97 Å². The van der Waals surface area contributed by atoms with Crippen LogP contribution in [-0.4, -0.2) is 33.5 Å². The van der Waals surface area contributed by atoms with Gasteiger partial charge in [0.1, 0.15) is 6.29 Å². The van der Waals surface area contributed by atoms with Gasteiger partial charge in [-0.25, -0.2) is 9.97 Å². The Morgan fingerprint density at radius 3 is 1.85 bits per heavy atom. The predicted octanol–water partition coefficient (Wildman–Crippen LogP) is 5.09. The van der Waals surface area contributed by atoms with Crippen molar-refractivity contribution in [3.05, 3.63) is 59.9 Å². The van der Waals surface area contributed by atoms with Crippen molar-refractivity contribution >= 4 is 35.6 Å². The first-order chi connectivity index (χ1) is 13.0. The molecule has 0 bridgehead atoms. The van der Waals surface area contributed by atoms with Crippen LogP contribution in [0.5, 0.6) is 0 Å². The van der Waals surface area contributed by atoms with E-state index in [1.807, 2.05) is 50.5 Å². The Morgan fingerprint density at radius 1 is 0.926 bits per heavy atom. The second kappa shape index (κ2) is 14.2. The zero-order valence-corrected chi connectivity index (χ0v) is 17.7. The molecule has 0 aliphatic heterocycles. The smallest absolute Gasteiger partial charge is 0.152 e. The highest BCUT2D eigenvalue weighted by Gasteiger charge is 1.94. The van der Waals surface area contributed by atoms with Crippen molar-refractivity contribution < 1.29 is 9.59 Å². The molecule has 0 saturated heterocycles. The van der Waals surface area contributed by atoms with E-state index in [9.17, 15) is 9.59 Å². The van der Waals surface area contributed by atoms with E-state index in [1.165, 1.54) is 5.56 Å². The Labute approximate surface area is 170 Å². The van der Waals surface area contributed by atoms with E-state index in [0.717, 1.165) is 39.8 Å². The predicted molar refractivity (Wildman–Crippen MR) is 115 cm³/mol. The topological polar surface area (TPSA) is 59.9 Å². The molecule has 0 aliphatic rings. The fourth-order valence-corrected chi connectivity index (χ4v) is 3.24. The lowest BCUT2D eigenvalue weighted by atomic mass is 10.3. The monoisotopic (exact) mass is 402 g/mol. The van der Waals surface area contributed by atoms with Crippen LogP contribution in [0.4, 0.5) is 0 Å². The first-order valence-electron chi connectivity index (χ1n) is 8.73. The molecule has 144 valence electrons. The summed E-state index contributed by atoms with van der Waals surface area (Å²) < 4.78 is 0. The summed E-state index contributed by atoms with van der Waals surface area (Å²) in [6.07, 6.45) is 9.66. The lowest BCUT2D eigenvalue weighted by Crippen LogP contribution is -1.84. The lowest BCUT2D eigenvalue weighted by Gasteiger charge is -1.98. The SMILES string of the molecule is CC(=O)/C=C/CCSc1ccc(C)cn1.Cc1ccc(SCCC=O)nc1. The van der Waals surface area contributed by atoms with Crippen molar-refractivity contribution in [2.24, 2.45) is 0 Å². The van der Waals surface area contributed by atoms with Crippen LogP contribution in [0.15, 0.2) is 58.9 Å². The molecular weight excluding hydrogens is 376 g/mol. The molecule has 2 rings (SSSR count). The number of carbonyl (C=O) groups is 2. The summed E-state index contributed by atoms with van der Waals surface area (Å²) in [4.78, 5) is 29.1. The third-order valence-corrected chi connectivity index (χ3v) is 5.10. The number of aromatic nitrogens is 2. The zero-order valence-electron chi connectivity index (χ0n) is 16.1. The van der Waals surface area contributed by atoms with Gasteiger partial charge in [0.05, 0.1) is 10.1 Å². The number of pyridine rings is 2. The van der Waals surface area contributed by atoms with Gasteiger partial charge < -0.3 is 4.79 Å². The van der Waals surface area contributed by atoms with Gasteiger partial charge in [-0.3, -0.25) is 4.79 Å². The minimum Gasteiger partial charge on any atom is -0.303 e. The zero-order chi connectivity index (χ0) is 19.9. The number of carbonyl (C=O) groups excluding carboxylic acids is 2. The van der Waals surface area contributed by atoms with Crippen LogP contribution in [0.2, 0.25) is 0 Å². The molecule has 4 nitrogen and oxygen atoms in total. The second-order valence-corrected chi connectivity index (χ2v) is 8.03. The molecule has 2 aromatic heterocycles. The molecule has 0 spiro atoms. The molecule has 0 saturated carbocycles. The molecule has 0 radical (unpaired) electrons. The third kappa shape index (κ3) is 12.2. The Kier molecular flexibility index (Phi) is 12.1. The average molecular weight is 403 g/mol. The normalized spacial score (nSPS) is 10.3. The molecule has 0 N–H and O–H groups in total. The Morgan fingerprint density at radius 2 is 1.44 bits per heavy atom. The summed E-state index contributed by atoms with van der Waals surface area (Å²) in [6, 6.07) is 8.08. The molecule has 6 heteroatoms. The minimum absolute atomic E-state index is 0.105. The van der Waals surface area contributed by atoms with E-state index in [4.69, 9.17) is 0 Å². The molecule has 27 heavy (non-hydrogen) atoms. The van der Waals surface area contributed by atoms with Crippen molar-refractivity contribution in [3.8, 4) is 0 Å². The number of thioether (sulfide) groups is 2. The fourth-order valence-electron chi connectivity index (χ4n) is 1.77. The summed E-state index contributed by atoms with van der Waals surface area (Å²) in [6.45, 7) is 5.59. The van der Waals surface area contributed by atoms with Crippen LogP contribution in [-0.2, 0) is 9.59 Å². The van der Waals surface area contributed by atoms with Gasteiger partial charge in [-0.05, 0) is 56.5 Å². The molecule has 0 atom stereocenters. The highest BCUT2D eigenvalue weighted by molar-refractivity contribution is 7.99. The third-order valence-electron chi connectivity index (χ3n) is 3.14. The van der Waals surface area contributed by atoms with E-state index in [1.54, 1.807) is 36.5 Å². The van der Waals surface area contributed by atoms with Gasteiger partial charge >= 0.3 is 0 Å². The molecule has 0 aliphatic carbocycles. The molecule has 0 unspecified atom stereocenters. The fraction of sp³-hybridized carbons (Fsp3) is 0.333. The van der Waals surface area contributed by atoms with Gasteiger partial charge in [0.15, 0.2) is 5.78 Å². The Hall–Kier alpha value is -1.92. The number of rotatable bonds is 9. The Bertz CT molecular complexity index is 714. The van der Waals surface area contributed by atoms with E-state index in [0.29, 0.717) is 6.42 Å². The summed E-state index contributed by atoms with van der Waals surface area (Å²) in [5.41, 5.74) is 2.34. The summed E-state index contributed by atoms with van der Waals surface area (Å²) in [5.74, 6) is 1.88. The number of aldehydes is 1. The standard InChI is InChI=1S/C12H15NOS.C9H11NOS/c1-10-6-7-12(13-9-10)15-8-4-3-5-11(2)14;1-8-3-4-9(10-7-8)12-6-2-5-11/h3,5-7,9H,4,8H2,1-2H3;3-5,7H,2,6H2,1H3/b5-3+;. The van der Waals surface area contributed by atoms with Crippen LogP contribution in [0.1, 0.15) is 30.9 Å². The average Bonchev–Trinajstić information content (AvgIpc) is 2.65. The van der Waals surface area contributed by atoms with Crippen LogP contribution < -0.4 is 0 Å². The maximum Gasteiger partial charge on any atom is 0.152 e. The minimum atomic E-state index is 0.105. The maximum atomic E-state index is 10.6. The quantitative estimate of drug-likeness (QED) is 0.252. The van der Waals surface area contributed by atoms with Crippen LogP contribution in [0.3, 0.4) is 0 Å². The van der Waals surface area contributed by atoms with Gasteiger partial charge in [-0.15, -0.1) is 23.5 Å². The molecule has 0 fully saturated rings.